The molecule has 25 heavy (non-hydrogen) atoms. The lowest BCUT2D eigenvalue weighted by Crippen LogP contribution is -2.44. The normalized spacial score (nSPS) is 11.8. The summed E-state index contributed by atoms with van der Waals surface area (Å²) in [6.07, 6.45) is 2.42. The van der Waals surface area contributed by atoms with Crippen LogP contribution < -0.4 is 10.5 Å². The number of ether oxygens (including phenoxy) is 1. The van der Waals surface area contributed by atoms with Gasteiger partial charge in [-0.15, -0.1) is 0 Å². The first-order chi connectivity index (χ1) is 12.1. The summed E-state index contributed by atoms with van der Waals surface area (Å²) in [5, 5.41) is 0. The van der Waals surface area contributed by atoms with E-state index in [0.717, 1.165) is 24.2 Å². The van der Waals surface area contributed by atoms with Gasteiger partial charge in [-0.1, -0.05) is 55.8 Å². The standard InChI is InChI=1S/C21H28N2O2/c1-3-7-20(22)21(24)23(16-18-8-5-4-6-9-18)15-14-17-10-12-19(25-2)13-11-17/h4-6,8-13,20H,3,7,14-16,22H2,1-2H3. The van der Waals surface area contributed by atoms with E-state index in [1.165, 1.54) is 5.56 Å². The van der Waals surface area contributed by atoms with E-state index in [4.69, 9.17) is 10.5 Å². The lowest BCUT2D eigenvalue weighted by molar-refractivity contribution is -0.133. The second-order valence-electron chi connectivity index (χ2n) is 6.24. The monoisotopic (exact) mass is 340 g/mol. The van der Waals surface area contributed by atoms with Gasteiger partial charge in [-0.25, -0.2) is 0 Å². The van der Waals surface area contributed by atoms with Crippen molar-refractivity contribution in [1.29, 1.82) is 0 Å². The van der Waals surface area contributed by atoms with Gasteiger partial charge >= 0.3 is 0 Å². The molecule has 0 aromatic heterocycles. The third kappa shape index (κ3) is 5.91. The molecule has 2 aromatic carbocycles. The molecule has 4 heteroatoms. The molecule has 0 fully saturated rings. The molecule has 0 aliphatic rings. The summed E-state index contributed by atoms with van der Waals surface area (Å²) in [7, 11) is 1.66. The summed E-state index contributed by atoms with van der Waals surface area (Å²) in [4.78, 5) is 14.6. The van der Waals surface area contributed by atoms with Gasteiger partial charge in [-0.3, -0.25) is 4.79 Å². The molecule has 0 heterocycles. The Morgan fingerprint density at radius 1 is 1.08 bits per heavy atom. The third-order valence-electron chi connectivity index (χ3n) is 4.27. The minimum atomic E-state index is -0.426. The molecule has 0 saturated carbocycles. The minimum Gasteiger partial charge on any atom is -0.497 e. The maximum Gasteiger partial charge on any atom is 0.239 e. The highest BCUT2D eigenvalue weighted by Crippen LogP contribution is 2.14. The summed E-state index contributed by atoms with van der Waals surface area (Å²) in [5.74, 6) is 0.866. The van der Waals surface area contributed by atoms with Crippen molar-refractivity contribution in [2.45, 2.75) is 38.8 Å². The Morgan fingerprint density at radius 3 is 2.36 bits per heavy atom. The molecule has 0 aliphatic carbocycles. The fraction of sp³-hybridized carbons (Fsp3) is 0.381. The van der Waals surface area contributed by atoms with Crippen LogP contribution in [-0.2, 0) is 17.8 Å². The van der Waals surface area contributed by atoms with Crippen LogP contribution in [0.25, 0.3) is 0 Å². The van der Waals surface area contributed by atoms with E-state index in [1.54, 1.807) is 7.11 Å². The Hall–Kier alpha value is -2.33. The summed E-state index contributed by atoms with van der Waals surface area (Å²) >= 11 is 0. The Labute approximate surface area is 150 Å². The summed E-state index contributed by atoms with van der Waals surface area (Å²) in [6, 6.07) is 17.6. The Balaban J connectivity index is 2.05. The van der Waals surface area contributed by atoms with Gasteiger partial charge in [0.2, 0.25) is 5.91 Å². The van der Waals surface area contributed by atoms with E-state index in [0.29, 0.717) is 19.5 Å². The van der Waals surface area contributed by atoms with Crippen molar-refractivity contribution in [1.82, 2.24) is 4.90 Å². The van der Waals surface area contributed by atoms with Gasteiger partial charge in [0.15, 0.2) is 0 Å². The second kappa shape index (κ2) is 9.84. The average molecular weight is 340 g/mol. The smallest absolute Gasteiger partial charge is 0.239 e. The summed E-state index contributed by atoms with van der Waals surface area (Å²) in [5.41, 5.74) is 8.38. The predicted octanol–water partition coefficient (Wildman–Crippen LogP) is 3.39. The van der Waals surface area contributed by atoms with Crippen LogP contribution >= 0.6 is 0 Å². The number of amides is 1. The molecule has 1 amide bonds. The summed E-state index contributed by atoms with van der Waals surface area (Å²) < 4.78 is 5.19. The first kappa shape index (κ1) is 19.0. The van der Waals surface area contributed by atoms with E-state index in [-0.39, 0.29) is 5.91 Å². The van der Waals surface area contributed by atoms with Crippen molar-refractivity contribution in [2.75, 3.05) is 13.7 Å². The highest BCUT2D eigenvalue weighted by atomic mass is 16.5. The number of hydrogen-bond donors (Lipinski definition) is 1. The van der Waals surface area contributed by atoms with Crippen molar-refractivity contribution in [3.05, 3.63) is 65.7 Å². The highest BCUT2D eigenvalue weighted by Gasteiger charge is 2.20. The van der Waals surface area contributed by atoms with Crippen LogP contribution in [0.5, 0.6) is 5.75 Å². The number of rotatable bonds is 9. The Bertz CT molecular complexity index is 641. The lowest BCUT2D eigenvalue weighted by atomic mass is 10.1. The topological polar surface area (TPSA) is 55.6 Å². The van der Waals surface area contributed by atoms with Crippen LogP contribution in [0, 0.1) is 0 Å². The minimum absolute atomic E-state index is 0.0271. The molecule has 2 aromatic rings. The number of carbonyl (C=O) groups excluding carboxylic acids is 1. The van der Waals surface area contributed by atoms with Crippen molar-refractivity contribution >= 4 is 5.91 Å². The van der Waals surface area contributed by atoms with Gasteiger partial charge in [0, 0.05) is 13.1 Å². The molecular formula is C21H28N2O2. The Kier molecular flexibility index (Phi) is 7.48. The number of methoxy groups -OCH3 is 1. The molecule has 2 rings (SSSR count). The van der Waals surface area contributed by atoms with Crippen LogP contribution in [-0.4, -0.2) is 30.5 Å². The molecule has 0 bridgehead atoms. The van der Waals surface area contributed by atoms with E-state index in [2.05, 4.69) is 0 Å². The molecule has 0 spiro atoms. The molecule has 4 nitrogen and oxygen atoms in total. The van der Waals surface area contributed by atoms with Crippen LogP contribution in [0.4, 0.5) is 0 Å². The number of benzene rings is 2. The number of carbonyl (C=O) groups is 1. The quantitative estimate of drug-likeness (QED) is 0.761. The SMILES string of the molecule is CCCC(N)C(=O)N(CCc1ccc(OC)cc1)Cc1ccccc1. The predicted molar refractivity (Wildman–Crippen MR) is 101 cm³/mol. The summed E-state index contributed by atoms with van der Waals surface area (Å²) in [6.45, 7) is 3.29. The lowest BCUT2D eigenvalue weighted by Gasteiger charge is -2.26. The Morgan fingerprint density at radius 2 is 1.76 bits per heavy atom. The number of hydrogen-bond acceptors (Lipinski definition) is 3. The number of nitrogens with zero attached hydrogens (tertiary/aromatic N) is 1. The van der Waals surface area contributed by atoms with Crippen LogP contribution in [0.15, 0.2) is 54.6 Å². The zero-order chi connectivity index (χ0) is 18.1. The second-order valence-corrected chi connectivity index (χ2v) is 6.24. The van der Waals surface area contributed by atoms with Crippen LogP contribution in [0.2, 0.25) is 0 Å². The number of nitrogens with two attached hydrogens (primary N) is 1. The molecular weight excluding hydrogens is 312 g/mol. The van der Waals surface area contributed by atoms with Crippen molar-refractivity contribution in [2.24, 2.45) is 5.73 Å². The molecule has 134 valence electrons. The van der Waals surface area contributed by atoms with E-state index < -0.39 is 6.04 Å². The van der Waals surface area contributed by atoms with Crippen LogP contribution in [0.1, 0.15) is 30.9 Å². The van der Waals surface area contributed by atoms with E-state index in [1.807, 2.05) is 66.4 Å². The fourth-order valence-corrected chi connectivity index (χ4v) is 2.80. The van der Waals surface area contributed by atoms with Gasteiger partial charge in [0.25, 0.3) is 0 Å². The molecule has 0 aliphatic heterocycles. The largest absolute Gasteiger partial charge is 0.497 e. The van der Waals surface area contributed by atoms with Crippen molar-refractivity contribution in [3.8, 4) is 5.75 Å². The van der Waals surface area contributed by atoms with Crippen molar-refractivity contribution < 1.29 is 9.53 Å². The van der Waals surface area contributed by atoms with E-state index >= 15 is 0 Å². The first-order valence-corrected chi connectivity index (χ1v) is 8.85. The zero-order valence-electron chi connectivity index (χ0n) is 15.2. The maximum absolute atomic E-state index is 12.7. The van der Waals surface area contributed by atoms with Gasteiger partial charge in [-0.05, 0) is 36.1 Å². The average Bonchev–Trinajstić information content (AvgIpc) is 2.66. The molecule has 0 saturated heterocycles. The maximum atomic E-state index is 12.7. The molecule has 0 radical (unpaired) electrons. The van der Waals surface area contributed by atoms with Gasteiger partial charge < -0.3 is 15.4 Å². The fourth-order valence-electron chi connectivity index (χ4n) is 2.80. The van der Waals surface area contributed by atoms with Crippen LogP contribution in [0.3, 0.4) is 0 Å². The third-order valence-corrected chi connectivity index (χ3v) is 4.27. The molecule has 1 atom stereocenters. The highest BCUT2D eigenvalue weighted by molar-refractivity contribution is 5.81. The molecule has 2 N–H and O–H groups in total. The zero-order valence-corrected chi connectivity index (χ0v) is 15.2. The van der Waals surface area contributed by atoms with Gasteiger partial charge in [-0.2, -0.15) is 0 Å². The van der Waals surface area contributed by atoms with E-state index in [9.17, 15) is 4.79 Å². The molecule has 1 unspecified atom stereocenters. The van der Waals surface area contributed by atoms with Crippen molar-refractivity contribution in [3.63, 3.8) is 0 Å². The van der Waals surface area contributed by atoms with Gasteiger partial charge in [0.1, 0.15) is 5.75 Å². The van der Waals surface area contributed by atoms with Gasteiger partial charge in [0.05, 0.1) is 13.2 Å². The first-order valence-electron chi connectivity index (χ1n) is 8.85.